The fourth-order valence-electron chi connectivity index (χ4n) is 3.25. The van der Waals surface area contributed by atoms with Gasteiger partial charge in [-0.05, 0) is 18.2 Å². The first-order valence-corrected chi connectivity index (χ1v) is 9.60. The van der Waals surface area contributed by atoms with Gasteiger partial charge >= 0.3 is 0 Å². The van der Waals surface area contributed by atoms with Crippen LogP contribution in [0.25, 0.3) is 10.9 Å². The molecule has 9 heteroatoms. The molecule has 0 aliphatic carbocycles. The van der Waals surface area contributed by atoms with E-state index in [4.69, 9.17) is 9.47 Å². The Hall–Kier alpha value is -4.14. The third-order valence-electron chi connectivity index (χ3n) is 4.71. The number of carbonyl (C=O) groups is 2. The Labute approximate surface area is 177 Å². The van der Waals surface area contributed by atoms with Gasteiger partial charge < -0.3 is 24.5 Å². The molecular weight excluding hydrogens is 400 g/mol. The second kappa shape index (κ2) is 8.70. The molecule has 0 bridgehead atoms. The molecule has 0 radical (unpaired) electrons. The van der Waals surface area contributed by atoms with Crippen LogP contribution < -0.4 is 14.8 Å². The van der Waals surface area contributed by atoms with Gasteiger partial charge in [-0.1, -0.05) is 36.4 Å². The van der Waals surface area contributed by atoms with Crippen LogP contribution in [0.3, 0.4) is 0 Å². The summed E-state index contributed by atoms with van der Waals surface area (Å²) in [6.07, 6.45) is 0.768. The van der Waals surface area contributed by atoms with Crippen LogP contribution in [0.15, 0.2) is 71.4 Å². The molecule has 1 aromatic heterocycles. The SMILES string of the molecule is C=CCn1c(O)c(N=NC(=O)CNC(=O)[C@@H]2COc3ccccc3O2)c2ccccc21. The van der Waals surface area contributed by atoms with Gasteiger partial charge in [0.2, 0.25) is 12.0 Å². The Bertz CT molecular complexity index is 1180. The van der Waals surface area contributed by atoms with Crippen LogP contribution in [0.2, 0.25) is 0 Å². The average molecular weight is 420 g/mol. The Morgan fingerprint density at radius 1 is 1.19 bits per heavy atom. The number of aromatic nitrogens is 1. The summed E-state index contributed by atoms with van der Waals surface area (Å²) >= 11 is 0. The van der Waals surface area contributed by atoms with Gasteiger partial charge in [0.25, 0.3) is 11.8 Å². The number of azo groups is 1. The van der Waals surface area contributed by atoms with E-state index in [-0.39, 0.29) is 24.7 Å². The van der Waals surface area contributed by atoms with Crippen LogP contribution in [0, 0.1) is 0 Å². The van der Waals surface area contributed by atoms with Gasteiger partial charge in [0, 0.05) is 11.9 Å². The molecule has 9 nitrogen and oxygen atoms in total. The molecular formula is C22H20N4O5. The number of carbonyl (C=O) groups excluding carboxylic acids is 2. The minimum Gasteiger partial charge on any atom is -0.493 e. The van der Waals surface area contributed by atoms with E-state index in [0.29, 0.717) is 23.4 Å². The van der Waals surface area contributed by atoms with E-state index in [1.807, 2.05) is 12.1 Å². The minimum atomic E-state index is -0.874. The number of allylic oxidation sites excluding steroid dienone is 1. The molecule has 0 spiro atoms. The smallest absolute Gasteiger partial charge is 0.283 e. The molecule has 2 aromatic carbocycles. The number of amides is 2. The predicted molar refractivity (Wildman–Crippen MR) is 113 cm³/mol. The number of fused-ring (bicyclic) bond motifs is 2. The van der Waals surface area contributed by atoms with Gasteiger partial charge in [0.1, 0.15) is 13.2 Å². The maximum absolute atomic E-state index is 12.3. The molecule has 0 saturated carbocycles. The van der Waals surface area contributed by atoms with E-state index in [1.54, 1.807) is 47.0 Å². The maximum atomic E-state index is 12.3. The van der Waals surface area contributed by atoms with Gasteiger partial charge in [-0.15, -0.1) is 16.8 Å². The summed E-state index contributed by atoms with van der Waals surface area (Å²) in [6, 6.07) is 14.2. The molecule has 3 aromatic rings. The van der Waals surface area contributed by atoms with Crippen molar-refractivity contribution in [2.75, 3.05) is 13.2 Å². The number of ether oxygens (including phenoxy) is 2. The van der Waals surface area contributed by atoms with E-state index in [0.717, 1.165) is 5.52 Å². The summed E-state index contributed by atoms with van der Waals surface area (Å²) in [5, 5.41) is 21.1. The van der Waals surface area contributed by atoms with Crippen LogP contribution in [0.1, 0.15) is 0 Å². The zero-order valence-corrected chi connectivity index (χ0v) is 16.5. The summed E-state index contributed by atoms with van der Waals surface area (Å²) in [5.41, 5.74) is 0.919. The second-order valence-corrected chi connectivity index (χ2v) is 6.76. The van der Waals surface area contributed by atoms with Crippen LogP contribution in [-0.2, 0) is 16.1 Å². The molecule has 4 rings (SSSR count). The quantitative estimate of drug-likeness (QED) is 0.470. The fraction of sp³-hybridized carbons (Fsp3) is 0.182. The maximum Gasteiger partial charge on any atom is 0.283 e. The summed E-state index contributed by atoms with van der Waals surface area (Å²) in [7, 11) is 0. The molecule has 158 valence electrons. The fourth-order valence-corrected chi connectivity index (χ4v) is 3.25. The molecule has 31 heavy (non-hydrogen) atoms. The van der Waals surface area contributed by atoms with Gasteiger partial charge in [0.15, 0.2) is 17.2 Å². The van der Waals surface area contributed by atoms with Gasteiger partial charge in [-0.3, -0.25) is 9.59 Å². The van der Waals surface area contributed by atoms with Crippen molar-refractivity contribution in [3.8, 4) is 17.4 Å². The van der Waals surface area contributed by atoms with Gasteiger partial charge in [-0.25, -0.2) is 0 Å². The topological polar surface area (TPSA) is 115 Å². The zero-order chi connectivity index (χ0) is 21.8. The van der Waals surface area contributed by atoms with E-state index in [1.165, 1.54) is 0 Å². The van der Waals surface area contributed by atoms with E-state index in [2.05, 4.69) is 22.1 Å². The monoisotopic (exact) mass is 420 g/mol. The predicted octanol–water partition coefficient (Wildman–Crippen LogP) is 3.10. The number of hydrogen-bond donors (Lipinski definition) is 2. The molecule has 2 N–H and O–H groups in total. The third-order valence-corrected chi connectivity index (χ3v) is 4.71. The first kappa shape index (κ1) is 20.1. The van der Waals surface area contributed by atoms with Crippen LogP contribution in [0.4, 0.5) is 5.69 Å². The van der Waals surface area contributed by atoms with Crippen LogP contribution >= 0.6 is 0 Å². The largest absolute Gasteiger partial charge is 0.493 e. The summed E-state index contributed by atoms with van der Waals surface area (Å²) in [4.78, 5) is 24.4. The molecule has 2 heterocycles. The van der Waals surface area contributed by atoms with Crippen molar-refractivity contribution >= 4 is 28.4 Å². The van der Waals surface area contributed by atoms with E-state index < -0.39 is 17.9 Å². The van der Waals surface area contributed by atoms with Crippen molar-refractivity contribution < 1.29 is 24.2 Å². The third kappa shape index (κ3) is 4.11. The highest BCUT2D eigenvalue weighted by molar-refractivity contribution is 5.95. The van der Waals surface area contributed by atoms with E-state index in [9.17, 15) is 14.7 Å². The number of nitrogens with zero attached hydrogens (tertiary/aromatic N) is 3. The van der Waals surface area contributed by atoms with Crippen molar-refractivity contribution in [3.05, 3.63) is 61.2 Å². The molecule has 1 atom stereocenters. The van der Waals surface area contributed by atoms with Crippen molar-refractivity contribution in [1.29, 1.82) is 0 Å². The van der Waals surface area contributed by atoms with Crippen molar-refractivity contribution in [1.82, 2.24) is 9.88 Å². The van der Waals surface area contributed by atoms with Crippen LogP contribution in [-0.4, -0.2) is 40.7 Å². The Balaban J connectivity index is 1.40. The normalized spacial score (nSPS) is 15.2. The molecule has 1 aliphatic heterocycles. The summed E-state index contributed by atoms with van der Waals surface area (Å²) in [6.45, 7) is 3.72. The lowest BCUT2D eigenvalue weighted by molar-refractivity contribution is -0.132. The second-order valence-electron chi connectivity index (χ2n) is 6.76. The molecule has 0 unspecified atom stereocenters. The molecule has 2 amide bonds. The van der Waals surface area contributed by atoms with Crippen molar-refractivity contribution in [2.45, 2.75) is 12.6 Å². The first-order valence-electron chi connectivity index (χ1n) is 9.60. The summed E-state index contributed by atoms with van der Waals surface area (Å²) in [5.74, 6) is -0.264. The standard InChI is InChI=1S/C22H20N4O5/c1-2-11-26-15-8-4-3-7-14(15)20(22(26)29)25-24-19(27)12-23-21(28)18-13-30-16-9-5-6-10-17(16)31-18/h2-10,18,29H,1,11-13H2,(H,23,28)/t18-/m0/s1. The molecule has 0 saturated heterocycles. The van der Waals surface area contributed by atoms with Gasteiger partial charge in [-0.2, -0.15) is 0 Å². The Kier molecular flexibility index (Phi) is 5.65. The average Bonchev–Trinajstić information content (AvgIpc) is 3.07. The number of benzene rings is 2. The highest BCUT2D eigenvalue weighted by atomic mass is 16.6. The molecule has 1 aliphatic rings. The summed E-state index contributed by atoms with van der Waals surface area (Å²) < 4.78 is 12.7. The lowest BCUT2D eigenvalue weighted by atomic mass is 10.2. The lowest BCUT2D eigenvalue weighted by Gasteiger charge is -2.25. The molecule has 0 fully saturated rings. The minimum absolute atomic E-state index is 0.0369. The number of nitrogens with one attached hydrogen (secondary N) is 1. The highest BCUT2D eigenvalue weighted by Gasteiger charge is 2.27. The van der Waals surface area contributed by atoms with Crippen molar-refractivity contribution in [2.24, 2.45) is 10.2 Å². The number of aromatic hydroxyl groups is 1. The van der Waals surface area contributed by atoms with Gasteiger partial charge in [0.05, 0.1) is 5.52 Å². The number of rotatable bonds is 6. The number of hydrogen-bond acceptors (Lipinski definition) is 6. The Morgan fingerprint density at radius 3 is 2.74 bits per heavy atom. The Morgan fingerprint density at radius 2 is 1.94 bits per heavy atom. The first-order chi connectivity index (χ1) is 15.1. The highest BCUT2D eigenvalue weighted by Crippen LogP contribution is 2.38. The lowest BCUT2D eigenvalue weighted by Crippen LogP contribution is -2.45. The zero-order valence-electron chi connectivity index (χ0n) is 16.5. The number of para-hydroxylation sites is 3. The van der Waals surface area contributed by atoms with Crippen molar-refractivity contribution in [3.63, 3.8) is 0 Å². The van der Waals surface area contributed by atoms with Crippen LogP contribution in [0.5, 0.6) is 17.4 Å². The van der Waals surface area contributed by atoms with E-state index >= 15 is 0 Å².